The Labute approximate surface area is 221 Å². The molecule has 5 rings (SSSR count). The first kappa shape index (κ1) is 24.8. The summed E-state index contributed by atoms with van der Waals surface area (Å²) in [6.07, 6.45) is 1.05. The summed E-state index contributed by atoms with van der Waals surface area (Å²) in [5.41, 5.74) is 4.52. The van der Waals surface area contributed by atoms with Crippen molar-refractivity contribution in [3.8, 4) is 16.7 Å². The second-order valence-electron chi connectivity index (χ2n) is 9.13. The van der Waals surface area contributed by atoms with Crippen LogP contribution in [0, 0.1) is 6.92 Å². The second kappa shape index (κ2) is 11.4. The first-order valence-electron chi connectivity index (χ1n) is 12.4. The van der Waals surface area contributed by atoms with Gasteiger partial charge in [0.1, 0.15) is 11.5 Å². The summed E-state index contributed by atoms with van der Waals surface area (Å²) in [6.45, 7) is 5.14. The van der Waals surface area contributed by atoms with E-state index in [0.717, 1.165) is 35.9 Å². The van der Waals surface area contributed by atoms with E-state index < -0.39 is 0 Å². The van der Waals surface area contributed by atoms with Crippen molar-refractivity contribution in [1.29, 1.82) is 0 Å². The molecule has 0 spiro atoms. The number of methoxy groups -OCH3 is 1. The summed E-state index contributed by atoms with van der Waals surface area (Å²) in [4.78, 5) is 21.6. The molecule has 1 aliphatic heterocycles. The maximum absolute atomic E-state index is 12.9. The van der Waals surface area contributed by atoms with E-state index in [0.29, 0.717) is 36.9 Å². The average Bonchev–Trinajstić information content (AvgIpc) is 3.37. The molecule has 0 radical (unpaired) electrons. The van der Waals surface area contributed by atoms with Crippen molar-refractivity contribution in [1.82, 2.24) is 14.3 Å². The third kappa shape index (κ3) is 6.46. The standard InChI is InChI=1S/C29H30N4O3S/c1-21-3-5-22(6-4-21)19-27-30-29(37-31-27)36-26-11-7-23(8-12-26)20-28(34)33-17-15-32(16-18-33)24-9-13-25(35-2)14-10-24/h3-14H,15-20H2,1-2H3. The van der Waals surface area contributed by atoms with Gasteiger partial charge < -0.3 is 19.3 Å². The van der Waals surface area contributed by atoms with Crippen molar-refractivity contribution in [2.45, 2.75) is 19.8 Å². The number of carbonyl (C=O) groups is 1. The molecule has 0 saturated carbocycles. The minimum Gasteiger partial charge on any atom is -0.497 e. The van der Waals surface area contributed by atoms with Crippen LogP contribution in [0.2, 0.25) is 0 Å². The van der Waals surface area contributed by atoms with Crippen LogP contribution < -0.4 is 14.4 Å². The summed E-state index contributed by atoms with van der Waals surface area (Å²) in [7, 11) is 1.67. The number of aromatic nitrogens is 2. The van der Waals surface area contributed by atoms with E-state index >= 15 is 0 Å². The van der Waals surface area contributed by atoms with E-state index in [9.17, 15) is 4.79 Å². The van der Waals surface area contributed by atoms with E-state index in [1.54, 1.807) is 7.11 Å². The predicted octanol–water partition coefficient (Wildman–Crippen LogP) is 5.13. The van der Waals surface area contributed by atoms with Gasteiger partial charge in [0.25, 0.3) is 5.19 Å². The molecule has 37 heavy (non-hydrogen) atoms. The maximum Gasteiger partial charge on any atom is 0.298 e. The number of hydrogen-bond acceptors (Lipinski definition) is 7. The molecule has 1 aromatic heterocycles. The minimum absolute atomic E-state index is 0.146. The van der Waals surface area contributed by atoms with Crippen molar-refractivity contribution >= 4 is 23.1 Å². The predicted molar refractivity (Wildman–Crippen MR) is 146 cm³/mol. The quantitative estimate of drug-likeness (QED) is 0.325. The van der Waals surface area contributed by atoms with Crippen LogP contribution in [0.25, 0.3) is 0 Å². The van der Waals surface area contributed by atoms with Gasteiger partial charge in [-0.1, -0.05) is 42.0 Å². The number of benzene rings is 3. The molecule has 2 heterocycles. The van der Waals surface area contributed by atoms with Crippen LogP contribution in [0.15, 0.2) is 72.8 Å². The number of nitrogens with zero attached hydrogens (tertiary/aromatic N) is 4. The molecule has 1 saturated heterocycles. The van der Waals surface area contributed by atoms with E-state index in [-0.39, 0.29) is 5.91 Å². The van der Waals surface area contributed by atoms with E-state index in [4.69, 9.17) is 9.47 Å². The highest BCUT2D eigenvalue weighted by Gasteiger charge is 2.21. The topological polar surface area (TPSA) is 67.8 Å². The number of amides is 1. The van der Waals surface area contributed by atoms with Gasteiger partial charge in [-0.3, -0.25) is 4.79 Å². The lowest BCUT2D eigenvalue weighted by Gasteiger charge is -2.36. The number of anilines is 1. The van der Waals surface area contributed by atoms with Gasteiger partial charge in [-0.2, -0.15) is 9.36 Å². The minimum atomic E-state index is 0.146. The number of rotatable bonds is 8. The Morgan fingerprint density at radius 1 is 0.865 bits per heavy atom. The van der Waals surface area contributed by atoms with Crippen LogP contribution in [0.3, 0.4) is 0 Å². The zero-order chi connectivity index (χ0) is 25.6. The Morgan fingerprint density at radius 3 is 2.19 bits per heavy atom. The lowest BCUT2D eigenvalue weighted by Crippen LogP contribution is -2.49. The Morgan fingerprint density at radius 2 is 1.51 bits per heavy atom. The van der Waals surface area contributed by atoms with Gasteiger partial charge >= 0.3 is 0 Å². The van der Waals surface area contributed by atoms with Crippen molar-refractivity contribution in [2.75, 3.05) is 38.2 Å². The van der Waals surface area contributed by atoms with Crippen LogP contribution in [0.5, 0.6) is 16.7 Å². The third-order valence-electron chi connectivity index (χ3n) is 6.49. The third-order valence-corrected chi connectivity index (χ3v) is 7.12. The van der Waals surface area contributed by atoms with Gasteiger partial charge in [0.15, 0.2) is 5.82 Å². The number of aryl methyl sites for hydroxylation is 1. The van der Waals surface area contributed by atoms with Gasteiger partial charge in [0.05, 0.1) is 13.5 Å². The monoisotopic (exact) mass is 514 g/mol. The molecule has 1 fully saturated rings. The lowest BCUT2D eigenvalue weighted by molar-refractivity contribution is -0.130. The van der Waals surface area contributed by atoms with Gasteiger partial charge in [-0.25, -0.2) is 0 Å². The molecular weight excluding hydrogens is 484 g/mol. The van der Waals surface area contributed by atoms with Crippen molar-refractivity contribution < 1.29 is 14.3 Å². The highest BCUT2D eigenvalue weighted by Crippen LogP contribution is 2.25. The number of piperazine rings is 1. The maximum atomic E-state index is 12.9. The van der Waals surface area contributed by atoms with Gasteiger partial charge in [0.2, 0.25) is 5.91 Å². The first-order valence-corrected chi connectivity index (χ1v) is 13.1. The van der Waals surface area contributed by atoms with Crippen LogP contribution in [0.4, 0.5) is 5.69 Å². The van der Waals surface area contributed by atoms with E-state index in [2.05, 4.69) is 57.6 Å². The summed E-state index contributed by atoms with van der Waals surface area (Å²) < 4.78 is 15.6. The van der Waals surface area contributed by atoms with Crippen molar-refractivity contribution in [2.24, 2.45) is 0 Å². The van der Waals surface area contributed by atoms with Gasteiger partial charge in [-0.15, -0.1) is 0 Å². The number of hydrogen-bond donors (Lipinski definition) is 0. The molecule has 0 unspecified atom stereocenters. The Kier molecular flexibility index (Phi) is 7.65. The second-order valence-corrected chi connectivity index (χ2v) is 9.84. The molecule has 0 aliphatic carbocycles. The highest BCUT2D eigenvalue weighted by atomic mass is 32.1. The summed E-state index contributed by atoms with van der Waals surface area (Å²) in [5, 5.41) is 0.515. The van der Waals surface area contributed by atoms with Crippen LogP contribution in [-0.4, -0.2) is 53.5 Å². The van der Waals surface area contributed by atoms with Crippen LogP contribution >= 0.6 is 11.5 Å². The summed E-state index contributed by atoms with van der Waals surface area (Å²) >= 11 is 1.25. The Bertz CT molecular complexity index is 1310. The molecule has 4 aromatic rings. The van der Waals surface area contributed by atoms with Gasteiger partial charge in [0, 0.05) is 49.8 Å². The normalized spacial score (nSPS) is 13.5. The molecular formula is C29H30N4O3S. The first-order chi connectivity index (χ1) is 18.1. The van der Waals surface area contributed by atoms with E-state index in [1.165, 1.54) is 22.7 Å². The molecule has 1 amide bonds. The Hall–Kier alpha value is -3.91. The molecule has 0 bridgehead atoms. The molecule has 3 aromatic carbocycles. The molecule has 8 heteroatoms. The smallest absolute Gasteiger partial charge is 0.298 e. The zero-order valence-corrected chi connectivity index (χ0v) is 21.9. The lowest BCUT2D eigenvalue weighted by atomic mass is 10.1. The number of ether oxygens (including phenoxy) is 2. The van der Waals surface area contributed by atoms with Crippen molar-refractivity contribution in [3.05, 3.63) is 95.3 Å². The summed E-state index contributed by atoms with van der Waals surface area (Å²) in [5.74, 6) is 2.42. The van der Waals surface area contributed by atoms with Crippen LogP contribution in [-0.2, 0) is 17.6 Å². The van der Waals surface area contributed by atoms with Gasteiger partial charge in [-0.05, 0) is 54.4 Å². The number of carbonyl (C=O) groups excluding carboxylic acids is 1. The zero-order valence-electron chi connectivity index (χ0n) is 21.1. The van der Waals surface area contributed by atoms with Crippen LogP contribution in [0.1, 0.15) is 22.5 Å². The summed E-state index contributed by atoms with van der Waals surface area (Å²) in [6, 6.07) is 24.1. The molecule has 0 N–H and O–H groups in total. The SMILES string of the molecule is COc1ccc(N2CCN(C(=O)Cc3ccc(Oc4nc(Cc5ccc(C)cc5)ns4)cc3)CC2)cc1. The molecule has 7 nitrogen and oxygen atoms in total. The van der Waals surface area contributed by atoms with Crippen molar-refractivity contribution in [3.63, 3.8) is 0 Å². The highest BCUT2D eigenvalue weighted by molar-refractivity contribution is 7.07. The fourth-order valence-electron chi connectivity index (χ4n) is 4.31. The van der Waals surface area contributed by atoms with E-state index in [1.807, 2.05) is 41.3 Å². The fraction of sp³-hybridized carbons (Fsp3) is 0.276. The molecule has 0 atom stereocenters. The molecule has 190 valence electrons. The average molecular weight is 515 g/mol. The molecule has 1 aliphatic rings. The Balaban J connectivity index is 1.10. The largest absolute Gasteiger partial charge is 0.497 e. The fourth-order valence-corrected chi connectivity index (χ4v) is 4.88.